The summed E-state index contributed by atoms with van der Waals surface area (Å²) in [6, 6.07) is 10.1. The Morgan fingerprint density at radius 1 is 1.33 bits per heavy atom. The third-order valence-electron chi connectivity index (χ3n) is 3.87. The van der Waals surface area contributed by atoms with Gasteiger partial charge in [0.1, 0.15) is 0 Å². The van der Waals surface area contributed by atoms with Crippen LogP contribution in [0.25, 0.3) is 0 Å². The number of hydrogen-bond donors (Lipinski definition) is 1. The molecule has 0 spiro atoms. The second-order valence-corrected chi connectivity index (χ2v) is 5.15. The summed E-state index contributed by atoms with van der Waals surface area (Å²) in [5.41, 5.74) is 1.19. The van der Waals surface area contributed by atoms with Gasteiger partial charge in [-0.3, -0.25) is 0 Å². The van der Waals surface area contributed by atoms with Gasteiger partial charge in [0, 0.05) is 31.5 Å². The average Bonchev–Trinajstić information content (AvgIpc) is 3.17. The van der Waals surface area contributed by atoms with Crippen molar-refractivity contribution in [2.75, 3.05) is 19.6 Å². The predicted octanol–water partition coefficient (Wildman–Crippen LogP) is 1.98. The van der Waals surface area contributed by atoms with Gasteiger partial charge < -0.3 is 14.7 Å². The summed E-state index contributed by atoms with van der Waals surface area (Å²) in [7, 11) is 0. The second kappa shape index (κ2) is 5.95. The van der Waals surface area contributed by atoms with E-state index in [0.717, 1.165) is 0 Å². The molecule has 110 valence electrons. The van der Waals surface area contributed by atoms with Crippen LogP contribution < -0.4 is 5.32 Å². The molecule has 0 aliphatic carbocycles. The van der Waals surface area contributed by atoms with Crippen LogP contribution in [-0.2, 0) is 0 Å². The minimum absolute atomic E-state index is 0.0376. The fourth-order valence-electron chi connectivity index (χ4n) is 2.87. The molecule has 1 aliphatic rings. The summed E-state index contributed by atoms with van der Waals surface area (Å²) in [6.07, 6.45) is 1.34. The van der Waals surface area contributed by atoms with Gasteiger partial charge in [-0.2, -0.15) is 4.98 Å². The maximum Gasteiger partial charge on any atom is 0.317 e. The lowest BCUT2D eigenvalue weighted by Gasteiger charge is -2.16. The number of aromatic nitrogens is 2. The molecule has 21 heavy (non-hydrogen) atoms. The van der Waals surface area contributed by atoms with Gasteiger partial charge in [-0.15, -0.1) is 0 Å². The Balaban J connectivity index is 1.86. The molecule has 1 saturated heterocycles. The molecular formula is C15H18N4O2. The molecule has 0 radical (unpaired) electrons. The molecule has 2 aromatic rings. The lowest BCUT2D eigenvalue weighted by atomic mass is 9.88. The first-order valence-electron chi connectivity index (χ1n) is 7.13. The zero-order chi connectivity index (χ0) is 14.7. The molecular weight excluding hydrogens is 268 g/mol. The third kappa shape index (κ3) is 2.74. The van der Waals surface area contributed by atoms with Gasteiger partial charge in [-0.1, -0.05) is 35.5 Å². The van der Waals surface area contributed by atoms with Crippen LogP contribution in [0.5, 0.6) is 0 Å². The molecule has 6 heteroatoms. The number of urea groups is 1. The predicted molar refractivity (Wildman–Crippen MR) is 76.9 cm³/mol. The Morgan fingerprint density at radius 2 is 2.10 bits per heavy atom. The Hall–Kier alpha value is -2.37. The highest BCUT2D eigenvalue weighted by molar-refractivity contribution is 5.74. The summed E-state index contributed by atoms with van der Waals surface area (Å²) < 4.78 is 4.87. The van der Waals surface area contributed by atoms with Gasteiger partial charge in [0.2, 0.25) is 6.39 Å². The molecule has 1 aliphatic heterocycles. The molecule has 2 heterocycles. The molecule has 1 fully saturated rings. The third-order valence-corrected chi connectivity index (χ3v) is 3.87. The standard InChI is InChI=1S/C15H18N4O2/c1-2-16-15(20)19-8-12(11-6-4-3-5-7-11)13(9-19)14-17-10-21-18-14/h3-7,10,12-13H,2,8-9H2,1H3,(H,16,20)/t12-,13-/m1/s1. The zero-order valence-electron chi connectivity index (χ0n) is 11.9. The average molecular weight is 286 g/mol. The van der Waals surface area contributed by atoms with Crippen LogP contribution in [0.4, 0.5) is 4.79 Å². The number of amides is 2. The minimum Gasteiger partial charge on any atom is -0.343 e. The van der Waals surface area contributed by atoms with Gasteiger partial charge in [-0.25, -0.2) is 4.79 Å². The summed E-state index contributed by atoms with van der Waals surface area (Å²) in [5.74, 6) is 0.913. The van der Waals surface area contributed by atoms with Crippen molar-refractivity contribution < 1.29 is 9.32 Å². The molecule has 0 saturated carbocycles. The topological polar surface area (TPSA) is 71.3 Å². The van der Waals surface area contributed by atoms with E-state index in [4.69, 9.17) is 4.52 Å². The first-order chi connectivity index (χ1) is 10.3. The largest absolute Gasteiger partial charge is 0.343 e. The molecule has 1 aromatic carbocycles. The summed E-state index contributed by atoms with van der Waals surface area (Å²) >= 11 is 0. The van der Waals surface area contributed by atoms with Crippen LogP contribution in [0.1, 0.15) is 30.1 Å². The molecule has 2 atom stereocenters. The fraction of sp³-hybridized carbons (Fsp3) is 0.400. The van der Waals surface area contributed by atoms with E-state index in [1.807, 2.05) is 30.0 Å². The van der Waals surface area contributed by atoms with Crippen LogP contribution in [-0.4, -0.2) is 40.7 Å². The lowest BCUT2D eigenvalue weighted by Crippen LogP contribution is -2.38. The summed E-state index contributed by atoms with van der Waals surface area (Å²) in [5, 5.41) is 6.82. The molecule has 0 bridgehead atoms. The van der Waals surface area contributed by atoms with E-state index in [1.54, 1.807) is 0 Å². The Kier molecular flexibility index (Phi) is 3.85. The number of nitrogens with one attached hydrogen (secondary N) is 1. The van der Waals surface area contributed by atoms with Crippen molar-refractivity contribution in [1.82, 2.24) is 20.4 Å². The highest BCUT2D eigenvalue weighted by atomic mass is 16.5. The minimum atomic E-state index is -0.0376. The van der Waals surface area contributed by atoms with Crippen LogP contribution in [0.3, 0.4) is 0 Å². The number of benzene rings is 1. The number of likely N-dealkylation sites (tertiary alicyclic amines) is 1. The van der Waals surface area contributed by atoms with E-state index in [0.29, 0.717) is 25.5 Å². The monoisotopic (exact) mass is 286 g/mol. The SMILES string of the molecule is CCNC(=O)N1C[C@H](c2ccccc2)[C@H](c2ncon2)C1. The molecule has 1 N–H and O–H groups in total. The zero-order valence-corrected chi connectivity index (χ0v) is 11.9. The van der Waals surface area contributed by atoms with Crippen LogP contribution in [0.2, 0.25) is 0 Å². The maximum absolute atomic E-state index is 12.1. The number of nitrogens with zero attached hydrogens (tertiary/aromatic N) is 3. The highest BCUT2D eigenvalue weighted by Crippen LogP contribution is 2.38. The number of carbonyl (C=O) groups excluding carboxylic acids is 1. The van der Waals surface area contributed by atoms with Crippen LogP contribution in [0.15, 0.2) is 41.2 Å². The van der Waals surface area contributed by atoms with Gasteiger partial charge in [0.15, 0.2) is 5.82 Å². The molecule has 6 nitrogen and oxygen atoms in total. The number of carbonyl (C=O) groups is 1. The molecule has 0 unspecified atom stereocenters. The van der Waals surface area contributed by atoms with E-state index in [9.17, 15) is 4.79 Å². The molecule has 3 rings (SSSR count). The lowest BCUT2D eigenvalue weighted by molar-refractivity contribution is 0.208. The number of hydrogen-bond acceptors (Lipinski definition) is 4. The van der Waals surface area contributed by atoms with Crippen molar-refractivity contribution in [2.24, 2.45) is 0 Å². The maximum atomic E-state index is 12.1. The fourth-order valence-corrected chi connectivity index (χ4v) is 2.87. The Labute approximate surface area is 123 Å². The number of rotatable bonds is 3. The van der Waals surface area contributed by atoms with Crippen molar-refractivity contribution in [3.05, 3.63) is 48.1 Å². The van der Waals surface area contributed by atoms with Crippen molar-refractivity contribution in [2.45, 2.75) is 18.8 Å². The van der Waals surface area contributed by atoms with Crippen LogP contribution in [0, 0.1) is 0 Å². The molecule has 2 amide bonds. The normalized spacial score (nSPS) is 21.5. The Morgan fingerprint density at radius 3 is 2.76 bits per heavy atom. The van der Waals surface area contributed by atoms with Gasteiger partial charge in [0.05, 0.1) is 0 Å². The summed E-state index contributed by atoms with van der Waals surface area (Å²) in [4.78, 5) is 18.1. The van der Waals surface area contributed by atoms with Crippen molar-refractivity contribution in [3.8, 4) is 0 Å². The Bertz CT molecular complexity index is 585. The van der Waals surface area contributed by atoms with Gasteiger partial charge in [-0.05, 0) is 12.5 Å². The van der Waals surface area contributed by atoms with Gasteiger partial charge in [0.25, 0.3) is 0 Å². The van der Waals surface area contributed by atoms with Gasteiger partial charge >= 0.3 is 6.03 Å². The van der Waals surface area contributed by atoms with Crippen LogP contribution >= 0.6 is 0 Å². The van der Waals surface area contributed by atoms with E-state index in [1.165, 1.54) is 12.0 Å². The molecule has 1 aromatic heterocycles. The van der Waals surface area contributed by atoms with E-state index >= 15 is 0 Å². The van der Waals surface area contributed by atoms with E-state index in [2.05, 4.69) is 27.6 Å². The van der Waals surface area contributed by atoms with Crippen molar-refractivity contribution in [3.63, 3.8) is 0 Å². The smallest absolute Gasteiger partial charge is 0.317 e. The van der Waals surface area contributed by atoms with E-state index in [-0.39, 0.29) is 17.9 Å². The van der Waals surface area contributed by atoms with E-state index < -0.39 is 0 Å². The first-order valence-corrected chi connectivity index (χ1v) is 7.13. The highest BCUT2D eigenvalue weighted by Gasteiger charge is 2.39. The second-order valence-electron chi connectivity index (χ2n) is 5.15. The van der Waals surface area contributed by atoms with Crippen molar-refractivity contribution in [1.29, 1.82) is 0 Å². The van der Waals surface area contributed by atoms with Crippen molar-refractivity contribution >= 4 is 6.03 Å². The quantitative estimate of drug-likeness (QED) is 0.936. The first kappa shape index (κ1) is 13.6. The summed E-state index contributed by atoms with van der Waals surface area (Å²) in [6.45, 7) is 3.80.